The molecule has 104 valence electrons. The van der Waals surface area contributed by atoms with E-state index in [9.17, 15) is 0 Å². The molecule has 2 rings (SSSR count). The zero-order valence-electron chi connectivity index (χ0n) is 11.7. The van der Waals surface area contributed by atoms with Crippen molar-refractivity contribution < 1.29 is 5.11 Å². The van der Waals surface area contributed by atoms with Crippen LogP contribution in [0.15, 0.2) is 30.5 Å². The normalized spacial score (nSPS) is 12.1. The van der Waals surface area contributed by atoms with Crippen LogP contribution >= 0.6 is 0 Å². The third-order valence-corrected chi connectivity index (χ3v) is 3.32. The zero-order valence-corrected chi connectivity index (χ0v) is 11.7. The standard InChI is InChI=1S/C15H18N4O/c1-11(17-7-8-20)15-10-18-19(12(15)2)14-5-3-13(9-16)4-6-14/h3-6,10-11,17,20H,7-8H2,1-2H3. The van der Waals surface area contributed by atoms with Crippen molar-refractivity contribution in [1.29, 1.82) is 5.26 Å². The summed E-state index contributed by atoms with van der Waals surface area (Å²) in [7, 11) is 0. The fourth-order valence-electron chi connectivity index (χ4n) is 2.18. The van der Waals surface area contributed by atoms with Crippen molar-refractivity contribution in [2.45, 2.75) is 19.9 Å². The van der Waals surface area contributed by atoms with Crippen LogP contribution in [0, 0.1) is 18.3 Å². The zero-order chi connectivity index (χ0) is 14.5. The highest BCUT2D eigenvalue weighted by Gasteiger charge is 2.13. The van der Waals surface area contributed by atoms with Crippen LogP contribution in [0.25, 0.3) is 5.69 Å². The lowest BCUT2D eigenvalue weighted by molar-refractivity contribution is 0.286. The Morgan fingerprint density at radius 3 is 2.70 bits per heavy atom. The Morgan fingerprint density at radius 2 is 2.10 bits per heavy atom. The van der Waals surface area contributed by atoms with E-state index in [1.165, 1.54) is 0 Å². The van der Waals surface area contributed by atoms with Crippen LogP contribution in [-0.2, 0) is 0 Å². The van der Waals surface area contributed by atoms with Crippen LogP contribution in [0.3, 0.4) is 0 Å². The smallest absolute Gasteiger partial charge is 0.0991 e. The second kappa shape index (κ2) is 6.33. The van der Waals surface area contributed by atoms with Crippen LogP contribution in [0.2, 0.25) is 0 Å². The van der Waals surface area contributed by atoms with Crippen molar-refractivity contribution in [1.82, 2.24) is 15.1 Å². The first-order valence-corrected chi connectivity index (χ1v) is 6.56. The number of hydrogen-bond acceptors (Lipinski definition) is 4. The molecule has 2 aromatic rings. The van der Waals surface area contributed by atoms with Gasteiger partial charge in [0, 0.05) is 23.8 Å². The van der Waals surface area contributed by atoms with Crippen molar-refractivity contribution in [3.05, 3.63) is 47.3 Å². The van der Waals surface area contributed by atoms with Crippen molar-refractivity contribution in [2.24, 2.45) is 0 Å². The second-order valence-electron chi connectivity index (χ2n) is 4.66. The molecule has 1 aromatic carbocycles. The van der Waals surface area contributed by atoms with E-state index in [-0.39, 0.29) is 12.6 Å². The minimum atomic E-state index is 0.118. The van der Waals surface area contributed by atoms with E-state index in [0.717, 1.165) is 16.9 Å². The van der Waals surface area contributed by atoms with Crippen LogP contribution in [0.1, 0.15) is 29.8 Å². The highest BCUT2D eigenvalue weighted by molar-refractivity contribution is 5.40. The van der Waals surface area contributed by atoms with E-state index in [1.807, 2.05) is 36.9 Å². The number of nitrogens with one attached hydrogen (secondary N) is 1. The van der Waals surface area contributed by atoms with E-state index in [0.29, 0.717) is 12.1 Å². The molecule has 0 aliphatic carbocycles. The largest absolute Gasteiger partial charge is 0.395 e. The van der Waals surface area contributed by atoms with Gasteiger partial charge in [0.2, 0.25) is 0 Å². The summed E-state index contributed by atoms with van der Waals surface area (Å²) in [6.45, 7) is 4.73. The molecular weight excluding hydrogens is 252 g/mol. The Morgan fingerprint density at radius 1 is 1.40 bits per heavy atom. The fraction of sp³-hybridized carbons (Fsp3) is 0.333. The molecule has 0 aliphatic heterocycles. The molecule has 20 heavy (non-hydrogen) atoms. The number of aliphatic hydroxyl groups is 1. The molecule has 0 saturated carbocycles. The predicted octanol–water partition coefficient (Wildman–Crippen LogP) is 1.70. The highest BCUT2D eigenvalue weighted by Crippen LogP contribution is 2.20. The summed E-state index contributed by atoms with van der Waals surface area (Å²) >= 11 is 0. The third-order valence-electron chi connectivity index (χ3n) is 3.32. The maximum absolute atomic E-state index is 8.85. The SMILES string of the molecule is Cc1c(C(C)NCCO)cnn1-c1ccc(C#N)cc1. The van der Waals surface area contributed by atoms with Crippen LogP contribution in [0.5, 0.6) is 0 Å². The van der Waals surface area contributed by atoms with Gasteiger partial charge in [-0.1, -0.05) is 0 Å². The molecule has 5 nitrogen and oxygen atoms in total. The Hall–Kier alpha value is -2.16. The van der Waals surface area contributed by atoms with Gasteiger partial charge in [-0.15, -0.1) is 0 Å². The number of rotatable bonds is 5. The Balaban J connectivity index is 2.25. The maximum atomic E-state index is 8.85. The van der Waals surface area contributed by atoms with Gasteiger partial charge in [0.1, 0.15) is 0 Å². The van der Waals surface area contributed by atoms with Gasteiger partial charge in [0.25, 0.3) is 0 Å². The topological polar surface area (TPSA) is 73.9 Å². The third kappa shape index (κ3) is 2.87. The lowest BCUT2D eigenvalue weighted by Crippen LogP contribution is -2.22. The summed E-state index contributed by atoms with van der Waals surface area (Å²) in [6, 6.07) is 9.57. The first-order chi connectivity index (χ1) is 9.67. The summed E-state index contributed by atoms with van der Waals surface area (Å²) in [4.78, 5) is 0. The first-order valence-electron chi connectivity index (χ1n) is 6.56. The van der Waals surface area contributed by atoms with Gasteiger partial charge in [-0.05, 0) is 38.1 Å². The van der Waals surface area contributed by atoms with Crippen molar-refractivity contribution in [3.8, 4) is 11.8 Å². The summed E-state index contributed by atoms with van der Waals surface area (Å²) in [5.41, 5.74) is 3.72. The van der Waals surface area contributed by atoms with Gasteiger partial charge in [-0.2, -0.15) is 10.4 Å². The van der Waals surface area contributed by atoms with E-state index >= 15 is 0 Å². The van der Waals surface area contributed by atoms with E-state index in [2.05, 4.69) is 16.5 Å². The number of nitriles is 1. The Labute approximate surface area is 118 Å². The minimum absolute atomic E-state index is 0.118. The molecule has 0 spiro atoms. The minimum Gasteiger partial charge on any atom is -0.395 e. The molecular formula is C15H18N4O. The number of hydrogen-bond donors (Lipinski definition) is 2. The Bertz CT molecular complexity index is 610. The van der Waals surface area contributed by atoms with Crippen molar-refractivity contribution in [3.63, 3.8) is 0 Å². The Kier molecular flexibility index (Phi) is 4.51. The highest BCUT2D eigenvalue weighted by atomic mass is 16.3. The van der Waals surface area contributed by atoms with Crippen molar-refractivity contribution in [2.75, 3.05) is 13.2 Å². The number of aliphatic hydroxyl groups excluding tert-OH is 1. The molecule has 1 atom stereocenters. The molecule has 0 amide bonds. The molecule has 1 heterocycles. The number of benzene rings is 1. The van der Waals surface area contributed by atoms with Gasteiger partial charge in [0.05, 0.1) is 30.1 Å². The summed E-state index contributed by atoms with van der Waals surface area (Å²) in [6.07, 6.45) is 1.84. The molecule has 5 heteroatoms. The molecule has 2 N–H and O–H groups in total. The van der Waals surface area contributed by atoms with Crippen LogP contribution < -0.4 is 5.32 Å². The molecule has 0 saturated heterocycles. The fourth-order valence-corrected chi connectivity index (χ4v) is 2.18. The molecule has 0 radical (unpaired) electrons. The quantitative estimate of drug-likeness (QED) is 0.867. The maximum Gasteiger partial charge on any atom is 0.0991 e. The number of aromatic nitrogens is 2. The average molecular weight is 270 g/mol. The summed E-state index contributed by atoms with van der Waals surface area (Å²) < 4.78 is 1.85. The predicted molar refractivity (Wildman–Crippen MR) is 76.5 cm³/mol. The van der Waals surface area contributed by atoms with Crippen molar-refractivity contribution >= 4 is 0 Å². The molecule has 0 fully saturated rings. The summed E-state index contributed by atoms with van der Waals surface area (Å²) in [5.74, 6) is 0. The molecule has 1 unspecified atom stereocenters. The van der Waals surface area contributed by atoms with E-state index in [1.54, 1.807) is 12.1 Å². The van der Waals surface area contributed by atoms with Crippen LogP contribution in [-0.4, -0.2) is 28.0 Å². The molecule has 1 aromatic heterocycles. The number of nitrogens with zero attached hydrogens (tertiary/aromatic N) is 3. The lowest BCUT2D eigenvalue weighted by atomic mass is 10.1. The van der Waals surface area contributed by atoms with Gasteiger partial charge in [-0.3, -0.25) is 0 Å². The second-order valence-corrected chi connectivity index (χ2v) is 4.66. The summed E-state index contributed by atoms with van der Waals surface area (Å²) in [5, 5.41) is 25.3. The van der Waals surface area contributed by atoms with Crippen LogP contribution in [0.4, 0.5) is 0 Å². The first kappa shape index (κ1) is 14.3. The van der Waals surface area contributed by atoms with E-state index in [4.69, 9.17) is 10.4 Å². The van der Waals surface area contributed by atoms with Gasteiger partial charge >= 0.3 is 0 Å². The monoisotopic (exact) mass is 270 g/mol. The van der Waals surface area contributed by atoms with E-state index < -0.39 is 0 Å². The van der Waals surface area contributed by atoms with Gasteiger partial charge in [0.15, 0.2) is 0 Å². The molecule has 0 bridgehead atoms. The lowest BCUT2D eigenvalue weighted by Gasteiger charge is -2.13. The average Bonchev–Trinajstić information content (AvgIpc) is 2.86. The van der Waals surface area contributed by atoms with Gasteiger partial charge in [-0.25, -0.2) is 4.68 Å². The van der Waals surface area contributed by atoms with Gasteiger partial charge < -0.3 is 10.4 Å². The molecule has 0 aliphatic rings.